The third-order valence-corrected chi connectivity index (χ3v) is 7.41. The molecule has 1 heterocycles. The van der Waals surface area contributed by atoms with E-state index in [0.717, 1.165) is 0 Å². The van der Waals surface area contributed by atoms with Gasteiger partial charge >= 0.3 is 0 Å². The molecule has 0 spiro atoms. The van der Waals surface area contributed by atoms with Gasteiger partial charge in [0, 0.05) is 25.6 Å². The molecule has 1 saturated carbocycles. The zero-order valence-corrected chi connectivity index (χ0v) is 13.6. The fourth-order valence-corrected chi connectivity index (χ4v) is 5.17. The molecule has 23 heavy (non-hydrogen) atoms. The molecular formula is C16H21NO5S. The van der Waals surface area contributed by atoms with E-state index in [1.54, 1.807) is 18.2 Å². The topological polar surface area (TPSA) is 94.9 Å². The molecule has 6 nitrogen and oxygen atoms in total. The Labute approximate surface area is 135 Å². The number of piperidine rings is 1. The summed E-state index contributed by atoms with van der Waals surface area (Å²) >= 11 is 0. The highest BCUT2D eigenvalue weighted by Gasteiger charge is 2.62. The number of β-amino-alcohol motifs (C(OH)–C–C–N with tert-alkyl or cyclic N) is 1. The summed E-state index contributed by atoms with van der Waals surface area (Å²) in [6.07, 6.45) is 0.302. The van der Waals surface area contributed by atoms with Crippen molar-refractivity contribution in [1.29, 1.82) is 0 Å². The first-order chi connectivity index (χ1) is 10.9. The number of sulfone groups is 1. The lowest BCUT2D eigenvalue weighted by atomic mass is 9.94. The Bertz CT molecular complexity index is 684. The summed E-state index contributed by atoms with van der Waals surface area (Å²) in [5.41, 5.74) is 0. The molecule has 2 fully saturated rings. The summed E-state index contributed by atoms with van der Waals surface area (Å²) < 4.78 is 24.3. The van der Waals surface area contributed by atoms with Crippen LogP contribution in [-0.4, -0.2) is 60.0 Å². The standard InChI is InChI=1S/C16H21NO5S/c18-11-12-6-9-17(10-14(12)19)15(20)16(7-8-16)23(21,22)13-4-2-1-3-5-13/h1-5,12,14,18-19H,6-11H2/t12-,14+/m0/s1. The lowest BCUT2D eigenvalue weighted by molar-refractivity contribution is -0.136. The average molecular weight is 339 g/mol. The predicted molar refractivity (Wildman–Crippen MR) is 83.4 cm³/mol. The molecule has 0 bridgehead atoms. The fraction of sp³-hybridized carbons (Fsp3) is 0.562. The molecule has 1 saturated heterocycles. The van der Waals surface area contributed by atoms with Gasteiger partial charge in [0.2, 0.25) is 5.91 Å². The van der Waals surface area contributed by atoms with Gasteiger partial charge < -0.3 is 15.1 Å². The van der Waals surface area contributed by atoms with Gasteiger partial charge in [-0.05, 0) is 31.4 Å². The van der Waals surface area contributed by atoms with E-state index in [1.807, 2.05) is 0 Å². The molecule has 1 aromatic rings. The number of aliphatic hydroxyl groups excluding tert-OH is 2. The molecule has 1 aromatic carbocycles. The zero-order chi connectivity index (χ0) is 16.7. The average Bonchev–Trinajstić information content (AvgIpc) is 3.37. The molecule has 2 N–H and O–H groups in total. The number of hydrogen-bond donors (Lipinski definition) is 2. The Morgan fingerprint density at radius 2 is 1.91 bits per heavy atom. The first kappa shape index (κ1) is 16.4. The van der Waals surface area contributed by atoms with Gasteiger partial charge in [-0.15, -0.1) is 0 Å². The molecular weight excluding hydrogens is 318 g/mol. The van der Waals surface area contributed by atoms with Crippen LogP contribution in [0.4, 0.5) is 0 Å². The van der Waals surface area contributed by atoms with Gasteiger partial charge in [-0.3, -0.25) is 4.79 Å². The number of benzene rings is 1. The maximum Gasteiger partial charge on any atom is 0.244 e. The highest BCUT2D eigenvalue weighted by atomic mass is 32.2. The Hall–Kier alpha value is -1.44. The molecule has 1 aliphatic carbocycles. The second kappa shape index (κ2) is 5.89. The van der Waals surface area contributed by atoms with Crippen molar-refractivity contribution >= 4 is 15.7 Å². The van der Waals surface area contributed by atoms with Crippen molar-refractivity contribution in [3.8, 4) is 0 Å². The Morgan fingerprint density at radius 1 is 1.26 bits per heavy atom. The van der Waals surface area contributed by atoms with Crippen molar-refractivity contribution in [2.75, 3.05) is 19.7 Å². The van der Waals surface area contributed by atoms with Crippen LogP contribution in [0.25, 0.3) is 0 Å². The SMILES string of the molecule is O=C(N1CC[C@@H](CO)[C@H](O)C1)C1(S(=O)(=O)c2ccccc2)CC1. The lowest BCUT2D eigenvalue weighted by Gasteiger charge is -2.36. The monoisotopic (exact) mass is 339 g/mol. The van der Waals surface area contributed by atoms with Crippen LogP contribution in [0.3, 0.4) is 0 Å². The minimum Gasteiger partial charge on any atom is -0.396 e. The molecule has 2 aliphatic rings. The largest absolute Gasteiger partial charge is 0.396 e. The second-order valence-electron chi connectivity index (χ2n) is 6.36. The quantitative estimate of drug-likeness (QED) is 0.817. The number of hydrogen-bond acceptors (Lipinski definition) is 5. The van der Waals surface area contributed by atoms with Gasteiger partial charge in [0.15, 0.2) is 14.6 Å². The third kappa shape index (κ3) is 2.66. The molecule has 126 valence electrons. The van der Waals surface area contributed by atoms with Crippen LogP contribution in [0, 0.1) is 5.92 Å². The fourth-order valence-electron chi connectivity index (χ4n) is 3.20. The van der Waals surface area contributed by atoms with E-state index in [1.165, 1.54) is 17.0 Å². The van der Waals surface area contributed by atoms with Gasteiger partial charge in [-0.25, -0.2) is 8.42 Å². The van der Waals surface area contributed by atoms with Gasteiger partial charge in [0.05, 0.1) is 11.0 Å². The van der Waals surface area contributed by atoms with E-state index in [-0.39, 0.29) is 24.0 Å². The molecule has 7 heteroatoms. The Balaban J connectivity index is 1.83. The molecule has 0 aromatic heterocycles. The van der Waals surface area contributed by atoms with Crippen LogP contribution in [-0.2, 0) is 14.6 Å². The van der Waals surface area contributed by atoms with Gasteiger partial charge in [0.25, 0.3) is 0 Å². The molecule has 0 unspecified atom stereocenters. The first-order valence-electron chi connectivity index (χ1n) is 7.80. The zero-order valence-electron chi connectivity index (χ0n) is 12.8. The van der Waals surface area contributed by atoms with Crippen molar-refractivity contribution in [3.05, 3.63) is 30.3 Å². The minimum atomic E-state index is -3.73. The minimum absolute atomic E-state index is 0.0795. The predicted octanol–water partition coefficient (Wildman–Crippen LogP) is 0.195. The molecule has 0 radical (unpaired) electrons. The van der Waals surface area contributed by atoms with E-state index in [2.05, 4.69) is 0 Å². The first-order valence-corrected chi connectivity index (χ1v) is 9.29. The van der Waals surface area contributed by atoms with Crippen molar-refractivity contribution in [3.63, 3.8) is 0 Å². The summed E-state index contributed by atoms with van der Waals surface area (Å²) in [5.74, 6) is -0.670. The van der Waals surface area contributed by atoms with Gasteiger partial charge in [0.1, 0.15) is 0 Å². The third-order valence-electron chi connectivity index (χ3n) is 4.90. The number of rotatable bonds is 4. The molecule has 1 amide bonds. The van der Waals surface area contributed by atoms with Crippen molar-refractivity contribution in [1.82, 2.24) is 4.90 Å². The summed E-state index contributed by atoms with van der Waals surface area (Å²) in [6.45, 7) is 0.319. The summed E-state index contributed by atoms with van der Waals surface area (Å²) in [7, 11) is -3.73. The van der Waals surface area contributed by atoms with Crippen molar-refractivity contribution in [2.24, 2.45) is 5.92 Å². The Kier molecular flexibility index (Phi) is 4.20. The smallest absolute Gasteiger partial charge is 0.244 e. The molecule has 2 atom stereocenters. The number of amides is 1. The maximum atomic E-state index is 12.9. The van der Waals surface area contributed by atoms with Crippen LogP contribution in [0.15, 0.2) is 35.2 Å². The van der Waals surface area contributed by atoms with Crippen LogP contribution in [0.5, 0.6) is 0 Å². The van der Waals surface area contributed by atoms with E-state index in [4.69, 9.17) is 0 Å². The lowest BCUT2D eigenvalue weighted by Crippen LogP contribution is -2.53. The van der Waals surface area contributed by atoms with Crippen molar-refractivity contribution in [2.45, 2.75) is 35.0 Å². The summed E-state index contributed by atoms with van der Waals surface area (Å²) in [4.78, 5) is 14.4. The van der Waals surface area contributed by atoms with Gasteiger partial charge in [-0.1, -0.05) is 18.2 Å². The van der Waals surface area contributed by atoms with Crippen LogP contribution in [0.1, 0.15) is 19.3 Å². The number of nitrogens with zero attached hydrogens (tertiary/aromatic N) is 1. The van der Waals surface area contributed by atoms with E-state index >= 15 is 0 Å². The number of carbonyl (C=O) groups excluding carboxylic acids is 1. The van der Waals surface area contributed by atoms with Crippen LogP contribution >= 0.6 is 0 Å². The summed E-state index contributed by atoms with van der Waals surface area (Å²) in [5, 5.41) is 19.2. The summed E-state index contributed by atoms with van der Waals surface area (Å²) in [6, 6.07) is 8.04. The number of aliphatic hydroxyl groups is 2. The van der Waals surface area contributed by atoms with Crippen molar-refractivity contribution < 1.29 is 23.4 Å². The van der Waals surface area contributed by atoms with Crippen LogP contribution in [0.2, 0.25) is 0 Å². The van der Waals surface area contributed by atoms with E-state index < -0.39 is 26.6 Å². The van der Waals surface area contributed by atoms with Crippen LogP contribution < -0.4 is 0 Å². The molecule has 1 aliphatic heterocycles. The maximum absolute atomic E-state index is 12.9. The molecule has 3 rings (SSSR count). The number of likely N-dealkylation sites (tertiary alicyclic amines) is 1. The highest BCUT2D eigenvalue weighted by Crippen LogP contribution is 2.48. The van der Waals surface area contributed by atoms with Gasteiger partial charge in [-0.2, -0.15) is 0 Å². The Morgan fingerprint density at radius 3 is 2.43 bits per heavy atom. The number of carbonyl (C=O) groups is 1. The van der Waals surface area contributed by atoms with E-state index in [9.17, 15) is 23.4 Å². The second-order valence-corrected chi connectivity index (χ2v) is 8.62. The normalized spacial score (nSPS) is 26.8. The highest BCUT2D eigenvalue weighted by molar-refractivity contribution is 7.94. The van der Waals surface area contributed by atoms with E-state index in [0.29, 0.717) is 25.8 Å².